The molecule has 5 heteroatoms. The van der Waals surface area contributed by atoms with Gasteiger partial charge in [0, 0.05) is 16.6 Å². The van der Waals surface area contributed by atoms with Gasteiger partial charge >= 0.3 is 5.97 Å². The Morgan fingerprint density at radius 1 is 1.44 bits per heavy atom. The SMILES string of the molecule is CCCC(CNC(=O)c1cccc(Br)c1)C(=O)O. The van der Waals surface area contributed by atoms with E-state index >= 15 is 0 Å². The van der Waals surface area contributed by atoms with Gasteiger partial charge in [-0.3, -0.25) is 9.59 Å². The fourth-order valence-corrected chi connectivity index (χ4v) is 2.01. The summed E-state index contributed by atoms with van der Waals surface area (Å²) >= 11 is 3.28. The van der Waals surface area contributed by atoms with Gasteiger partial charge in [-0.05, 0) is 24.6 Å². The van der Waals surface area contributed by atoms with Gasteiger partial charge in [0.15, 0.2) is 0 Å². The molecule has 0 aliphatic heterocycles. The first kappa shape index (κ1) is 14.7. The van der Waals surface area contributed by atoms with Crippen LogP contribution in [0.1, 0.15) is 30.1 Å². The van der Waals surface area contributed by atoms with Crippen molar-refractivity contribution in [3.63, 3.8) is 0 Å². The molecule has 0 aliphatic carbocycles. The van der Waals surface area contributed by atoms with E-state index in [4.69, 9.17) is 5.11 Å². The minimum Gasteiger partial charge on any atom is -0.481 e. The standard InChI is InChI=1S/C13H16BrNO3/c1-2-4-10(13(17)18)8-15-12(16)9-5-3-6-11(14)7-9/h3,5-7,10H,2,4,8H2,1H3,(H,15,16)(H,17,18). The topological polar surface area (TPSA) is 66.4 Å². The number of halogens is 1. The predicted molar refractivity (Wildman–Crippen MR) is 72.5 cm³/mol. The van der Waals surface area contributed by atoms with Crippen molar-refractivity contribution in [2.75, 3.05) is 6.54 Å². The van der Waals surface area contributed by atoms with Crippen LogP contribution in [0.5, 0.6) is 0 Å². The summed E-state index contributed by atoms with van der Waals surface area (Å²) in [6.45, 7) is 2.08. The second-order valence-electron chi connectivity index (χ2n) is 4.04. The number of carboxylic acids is 1. The summed E-state index contributed by atoms with van der Waals surface area (Å²) in [6, 6.07) is 6.98. The second kappa shape index (κ2) is 7.16. The maximum absolute atomic E-state index is 11.8. The molecule has 0 fully saturated rings. The summed E-state index contributed by atoms with van der Waals surface area (Å²) in [5.41, 5.74) is 0.519. The van der Waals surface area contributed by atoms with Crippen LogP contribution < -0.4 is 5.32 Å². The van der Waals surface area contributed by atoms with E-state index < -0.39 is 11.9 Å². The number of carbonyl (C=O) groups is 2. The first-order valence-corrected chi connectivity index (χ1v) is 6.60. The molecule has 0 heterocycles. The number of amides is 1. The van der Waals surface area contributed by atoms with Crippen molar-refractivity contribution < 1.29 is 14.7 Å². The number of carboxylic acid groups (broad SMARTS) is 1. The molecule has 0 spiro atoms. The first-order chi connectivity index (χ1) is 8.54. The van der Waals surface area contributed by atoms with Crippen molar-refractivity contribution >= 4 is 27.8 Å². The van der Waals surface area contributed by atoms with Crippen molar-refractivity contribution in [2.45, 2.75) is 19.8 Å². The van der Waals surface area contributed by atoms with E-state index in [-0.39, 0.29) is 12.5 Å². The monoisotopic (exact) mass is 313 g/mol. The Balaban J connectivity index is 2.57. The highest BCUT2D eigenvalue weighted by atomic mass is 79.9. The van der Waals surface area contributed by atoms with Crippen molar-refractivity contribution in [3.8, 4) is 0 Å². The molecule has 4 nitrogen and oxygen atoms in total. The Labute approximate surface area is 115 Å². The Bertz CT molecular complexity index is 434. The third-order valence-electron chi connectivity index (χ3n) is 2.58. The van der Waals surface area contributed by atoms with Crippen LogP contribution in [0.3, 0.4) is 0 Å². The maximum atomic E-state index is 11.8. The number of nitrogens with one attached hydrogen (secondary N) is 1. The van der Waals surface area contributed by atoms with Crippen molar-refractivity contribution in [1.82, 2.24) is 5.32 Å². The molecule has 0 bridgehead atoms. The van der Waals surface area contributed by atoms with Crippen LogP contribution in [0.25, 0.3) is 0 Å². The van der Waals surface area contributed by atoms with Crippen LogP contribution in [-0.4, -0.2) is 23.5 Å². The van der Waals surface area contributed by atoms with Crippen LogP contribution in [0.15, 0.2) is 28.7 Å². The number of hydrogen-bond acceptors (Lipinski definition) is 2. The molecule has 0 saturated carbocycles. The molecule has 0 aliphatic rings. The van der Waals surface area contributed by atoms with Crippen molar-refractivity contribution in [2.24, 2.45) is 5.92 Å². The number of rotatable bonds is 6. The third-order valence-corrected chi connectivity index (χ3v) is 3.08. The second-order valence-corrected chi connectivity index (χ2v) is 4.96. The minimum absolute atomic E-state index is 0.161. The quantitative estimate of drug-likeness (QED) is 0.848. The average molecular weight is 314 g/mol. The molecule has 1 atom stereocenters. The molecule has 1 rings (SSSR count). The predicted octanol–water partition coefficient (Wildman–Crippen LogP) is 2.68. The number of hydrogen-bond donors (Lipinski definition) is 2. The van der Waals surface area contributed by atoms with Crippen LogP contribution in [0.4, 0.5) is 0 Å². The van der Waals surface area contributed by atoms with Gasteiger partial charge in [-0.15, -0.1) is 0 Å². The molecule has 1 aromatic rings. The molecule has 0 aromatic heterocycles. The van der Waals surface area contributed by atoms with Crippen LogP contribution in [0.2, 0.25) is 0 Å². The summed E-state index contributed by atoms with van der Waals surface area (Å²) in [5, 5.41) is 11.6. The van der Waals surface area contributed by atoms with Crippen LogP contribution >= 0.6 is 15.9 Å². The molecule has 0 radical (unpaired) electrons. The van der Waals surface area contributed by atoms with E-state index in [0.29, 0.717) is 12.0 Å². The summed E-state index contributed by atoms with van der Waals surface area (Å²) in [5.74, 6) is -1.64. The number of aliphatic carboxylic acids is 1. The molecule has 98 valence electrons. The lowest BCUT2D eigenvalue weighted by molar-refractivity contribution is -0.141. The zero-order chi connectivity index (χ0) is 13.5. The largest absolute Gasteiger partial charge is 0.481 e. The van der Waals surface area contributed by atoms with Gasteiger partial charge < -0.3 is 10.4 Å². The van der Waals surface area contributed by atoms with E-state index in [1.54, 1.807) is 18.2 Å². The van der Waals surface area contributed by atoms with Crippen molar-refractivity contribution in [3.05, 3.63) is 34.3 Å². The summed E-state index contributed by atoms with van der Waals surface area (Å²) < 4.78 is 0.818. The van der Waals surface area contributed by atoms with E-state index in [2.05, 4.69) is 21.2 Å². The van der Waals surface area contributed by atoms with Gasteiger partial charge in [0.25, 0.3) is 5.91 Å². The Morgan fingerprint density at radius 2 is 2.17 bits per heavy atom. The van der Waals surface area contributed by atoms with E-state index in [1.807, 2.05) is 13.0 Å². The molecular weight excluding hydrogens is 298 g/mol. The normalized spacial score (nSPS) is 11.9. The highest BCUT2D eigenvalue weighted by Crippen LogP contribution is 2.12. The van der Waals surface area contributed by atoms with Crippen LogP contribution in [0, 0.1) is 5.92 Å². The van der Waals surface area contributed by atoms with Gasteiger partial charge in [-0.2, -0.15) is 0 Å². The molecule has 1 amide bonds. The number of carbonyl (C=O) groups excluding carboxylic acids is 1. The molecule has 1 aromatic carbocycles. The summed E-state index contributed by atoms with van der Waals surface area (Å²) in [7, 11) is 0. The maximum Gasteiger partial charge on any atom is 0.308 e. The van der Waals surface area contributed by atoms with Gasteiger partial charge in [0.05, 0.1) is 5.92 Å². The molecule has 1 unspecified atom stereocenters. The first-order valence-electron chi connectivity index (χ1n) is 5.81. The lowest BCUT2D eigenvalue weighted by Gasteiger charge is -2.12. The zero-order valence-corrected chi connectivity index (χ0v) is 11.7. The Hall–Kier alpha value is -1.36. The highest BCUT2D eigenvalue weighted by molar-refractivity contribution is 9.10. The van der Waals surface area contributed by atoms with Crippen LogP contribution in [-0.2, 0) is 4.79 Å². The van der Waals surface area contributed by atoms with Gasteiger partial charge in [0.1, 0.15) is 0 Å². The fraction of sp³-hybridized carbons (Fsp3) is 0.385. The lowest BCUT2D eigenvalue weighted by Crippen LogP contribution is -2.32. The smallest absolute Gasteiger partial charge is 0.308 e. The molecular formula is C13H16BrNO3. The van der Waals surface area contributed by atoms with Crippen molar-refractivity contribution in [1.29, 1.82) is 0 Å². The lowest BCUT2D eigenvalue weighted by atomic mass is 10.0. The number of benzene rings is 1. The molecule has 2 N–H and O–H groups in total. The van der Waals surface area contributed by atoms with Gasteiger partial charge in [0.2, 0.25) is 0 Å². The third kappa shape index (κ3) is 4.49. The van der Waals surface area contributed by atoms with Gasteiger partial charge in [-0.25, -0.2) is 0 Å². The fourth-order valence-electron chi connectivity index (χ4n) is 1.61. The van der Waals surface area contributed by atoms with Gasteiger partial charge in [-0.1, -0.05) is 35.3 Å². The van der Waals surface area contributed by atoms with E-state index in [1.165, 1.54) is 0 Å². The average Bonchev–Trinajstić information content (AvgIpc) is 2.33. The van der Waals surface area contributed by atoms with E-state index in [0.717, 1.165) is 10.9 Å². The zero-order valence-electron chi connectivity index (χ0n) is 10.1. The summed E-state index contributed by atoms with van der Waals surface area (Å²) in [6.07, 6.45) is 1.35. The van der Waals surface area contributed by atoms with E-state index in [9.17, 15) is 9.59 Å². The summed E-state index contributed by atoms with van der Waals surface area (Å²) in [4.78, 5) is 22.7. The minimum atomic E-state index is -0.869. The Kier molecular flexibility index (Phi) is 5.85. The highest BCUT2D eigenvalue weighted by Gasteiger charge is 2.17. The molecule has 18 heavy (non-hydrogen) atoms. The Morgan fingerprint density at radius 3 is 2.72 bits per heavy atom. The molecule has 0 saturated heterocycles.